The van der Waals surface area contributed by atoms with E-state index in [4.69, 9.17) is 4.74 Å². The molecule has 1 aliphatic rings. The molecular weight excluding hydrogens is 372 g/mol. The second-order valence-electron chi connectivity index (χ2n) is 8.09. The third-order valence-electron chi connectivity index (χ3n) is 4.88. The zero-order valence-electron chi connectivity index (χ0n) is 17.0. The zero-order chi connectivity index (χ0) is 20.4. The molecule has 0 aromatic heterocycles. The van der Waals surface area contributed by atoms with Gasteiger partial charge in [-0.15, -0.1) is 4.40 Å². The van der Waals surface area contributed by atoms with Crippen LogP contribution in [0.4, 0.5) is 0 Å². The van der Waals surface area contributed by atoms with Gasteiger partial charge in [0.15, 0.2) is 0 Å². The number of morpholine rings is 1. The maximum Gasteiger partial charge on any atom is 0.284 e. The van der Waals surface area contributed by atoms with Crippen LogP contribution in [0.5, 0.6) is 0 Å². The Bertz CT molecular complexity index is 955. The summed E-state index contributed by atoms with van der Waals surface area (Å²) in [5.74, 6) is 0.476. The molecule has 0 atom stereocenters. The fourth-order valence-electron chi connectivity index (χ4n) is 3.16. The van der Waals surface area contributed by atoms with Crippen LogP contribution in [0.3, 0.4) is 0 Å². The van der Waals surface area contributed by atoms with E-state index in [1.54, 1.807) is 6.07 Å². The van der Waals surface area contributed by atoms with Gasteiger partial charge in [-0.2, -0.15) is 8.42 Å². The van der Waals surface area contributed by atoms with E-state index in [-0.39, 0.29) is 10.3 Å². The highest BCUT2D eigenvalue weighted by Gasteiger charge is 2.24. The minimum absolute atomic E-state index is 0.145. The highest BCUT2D eigenvalue weighted by molar-refractivity contribution is 7.90. The highest BCUT2D eigenvalue weighted by atomic mass is 32.2. The van der Waals surface area contributed by atoms with Gasteiger partial charge >= 0.3 is 0 Å². The molecule has 0 N–H and O–H groups in total. The van der Waals surface area contributed by atoms with Crippen molar-refractivity contribution in [3.63, 3.8) is 0 Å². The fraction of sp³-hybridized carbons (Fsp3) is 0.409. The van der Waals surface area contributed by atoms with Gasteiger partial charge in [-0.25, -0.2) is 0 Å². The van der Waals surface area contributed by atoms with E-state index in [0.29, 0.717) is 37.7 Å². The Morgan fingerprint density at radius 1 is 1.04 bits per heavy atom. The molecule has 28 heavy (non-hydrogen) atoms. The highest BCUT2D eigenvalue weighted by Crippen LogP contribution is 2.28. The van der Waals surface area contributed by atoms with Crippen molar-refractivity contribution in [1.29, 1.82) is 0 Å². The van der Waals surface area contributed by atoms with Crippen molar-refractivity contribution in [2.24, 2.45) is 4.40 Å². The van der Waals surface area contributed by atoms with Crippen LogP contribution in [0, 0.1) is 6.92 Å². The van der Waals surface area contributed by atoms with Crippen molar-refractivity contribution in [3.8, 4) is 0 Å². The summed E-state index contributed by atoms with van der Waals surface area (Å²) in [4.78, 5) is 2.25. The average molecular weight is 401 g/mol. The average Bonchev–Trinajstić information content (AvgIpc) is 2.67. The molecule has 0 unspecified atom stereocenters. The smallest absolute Gasteiger partial charge is 0.284 e. The molecule has 3 rings (SSSR count). The molecule has 0 radical (unpaired) electrons. The van der Waals surface area contributed by atoms with E-state index in [2.05, 4.69) is 25.2 Å². The van der Waals surface area contributed by atoms with Gasteiger partial charge in [-0.05, 0) is 29.5 Å². The lowest BCUT2D eigenvalue weighted by atomic mass is 9.87. The van der Waals surface area contributed by atoms with Gasteiger partial charge in [0.2, 0.25) is 0 Å². The zero-order valence-corrected chi connectivity index (χ0v) is 17.8. The minimum Gasteiger partial charge on any atom is -0.378 e. The van der Waals surface area contributed by atoms with Crippen LogP contribution >= 0.6 is 0 Å². The number of rotatable bonds is 3. The molecule has 0 bridgehead atoms. The Morgan fingerprint density at radius 3 is 2.29 bits per heavy atom. The molecule has 0 spiro atoms. The Kier molecular flexibility index (Phi) is 5.91. The van der Waals surface area contributed by atoms with E-state index in [0.717, 1.165) is 11.1 Å². The number of hydrogen-bond acceptors (Lipinski definition) is 3. The van der Waals surface area contributed by atoms with E-state index in [1.165, 1.54) is 0 Å². The number of ether oxygens (including phenoxy) is 1. The Balaban J connectivity index is 2.11. The maximum atomic E-state index is 13.3. The molecule has 0 saturated carbocycles. The lowest BCUT2D eigenvalue weighted by molar-refractivity contribution is 0.0683. The van der Waals surface area contributed by atoms with Crippen molar-refractivity contribution < 1.29 is 13.2 Å². The third kappa shape index (κ3) is 4.62. The number of hydrogen-bond donors (Lipinski definition) is 0. The molecule has 1 fully saturated rings. The molecule has 1 heterocycles. The third-order valence-corrected chi connectivity index (χ3v) is 6.29. The summed E-state index contributed by atoms with van der Waals surface area (Å²) in [6, 6.07) is 15.1. The van der Waals surface area contributed by atoms with Crippen LogP contribution < -0.4 is 0 Å². The summed E-state index contributed by atoms with van der Waals surface area (Å²) in [7, 11) is -3.86. The normalized spacial score (nSPS) is 16.3. The summed E-state index contributed by atoms with van der Waals surface area (Å²) in [6.07, 6.45) is 0. The second-order valence-corrected chi connectivity index (χ2v) is 9.66. The first-order valence-electron chi connectivity index (χ1n) is 9.53. The first-order valence-corrected chi connectivity index (χ1v) is 11.0. The van der Waals surface area contributed by atoms with Gasteiger partial charge < -0.3 is 9.64 Å². The predicted octanol–water partition coefficient (Wildman–Crippen LogP) is 3.76. The van der Waals surface area contributed by atoms with E-state index < -0.39 is 10.0 Å². The Hall–Kier alpha value is -2.18. The molecule has 150 valence electrons. The van der Waals surface area contributed by atoms with Gasteiger partial charge in [0.1, 0.15) is 5.84 Å². The maximum absolute atomic E-state index is 13.3. The first kappa shape index (κ1) is 20.6. The fourth-order valence-corrected chi connectivity index (χ4v) is 4.46. The number of nitrogens with zero attached hydrogens (tertiary/aromatic N) is 2. The molecule has 6 heteroatoms. The SMILES string of the molecule is Cc1ccc(C(C)(C)C)cc1S(=O)(=O)/N=C(/c1ccccc1)N1CCOCC1. The van der Waals surface area contributed by atoms with Gasteiger partial charge in [0.05, 0.1) is 18.1 Å². The summed E-state index contributed by atoms with van der Waals surface area (Å²) < 4.78 is 36.4. The van der Waals surface area contributed by atoms with Crippen molar-refractivity contribution in [1.82, 2.24) is 4.90 Å². The van der Waals surface area contributed by atoms with Crippen LogP contribution in [-0.2, 0) is 20.2 Å². The van der Waals surface area contributed by atoms with Crippen LogP contribution in [0.2, 0.25) is 0 Å². The van der Waals surface area contributed by atoms with E-state index >= 15 is 0 Å². The molecule has 5 nitrogen and oxygen atoms in total. The lowest BCUT2D eigenvalue weighted by Crippen LogP contribution is -2.41. The Labute approximate surface area is 168 Å². The number of amidine groups is 1. The summed E-state index contributed by atoms with van der Waals surface area (Å²) in [5.41, 5.74) is 2.32. The number of benzene rings is 2. The lowest BCUT2D eigenvalue weighted by Gasteiger charge is -2.30. The minimum atomic E-state index is -3.86. The molecule has 2 aromatic carbocycles. The standard InChI is InChI=1S/C22H28N2O3S/c1-17-10-11-19(22(2,3)4)16-20(17)28(25,26)23-21(18-8-6-5-7-9-18)24-12-14-27-15-13-24/h5-11,16H,12-15H2,1-4H3/b23-21-. The predicted molar refractivity (Wildman–Crippen MR) is 112 cm³/mol. The number of sulfonamides is 1. The molecule has 1 saturated heterocycles. The largest absolute Gasteiger partial charge is 0.378 e. The van der Waals surface area contributed by atoms with Crippen molar-refractivity contribution >= 4 is 15.9 Å². The molecule has 1 aliphatic heterocycles. The topological polar surface area (TPSA) is 59.0 Å². The molecular formula is C22H28N2O3S. The van der Waals surface area contributed by atoms with Gasteiger partial charge in [-0.1, -0.05) is 63.2 Å². The Morgan fingerprint density at radius 2 is 1.68 bits per heavy atom. The van der Waals surface area contributed by atoms with E-state index in [9.17, 15) is 8.42 Å². The van der Waals surface area contributed by atoms with Crippen LogP contribution in [0.1, 0.15) is 37.5 Å². The summed E-state index contributed by atoms with van der Waals surface area (Å²) in [6.45, 7) is 10.4. The first-order chi connectivity index (χ1) is 13.2. The van der Waals surface area contributed by atoms with Crippen LogP contribution in [0.15, 0.2) is 57.8 Å². The van der Waals surface area contributed by atoms with Gasteiger partial charge in [0, 0.05) is 18.7 Å². The molecule has 2 aromatic rings. The van der Waals surface area contributed by atoms with Crippen LogP contribution in [-0.4, -0.2) is 45.5 Å². The van der Waals surface area contributed by atoms with Crippen molar-refractivity contribution in [2.45, 2.75) is 38.0 Å². The summed E-state index contributed by atoms with van der Waals surface area (Å²) in [5, 5.41) is 0. The van der Waals surface area contributed by atoms with E-state index in [1.807, 2.05) is 54.3 Å². The van der Waals surface area contributed by atoms with Crippen LogP contribution in [0.25, 0.3) is 0 Å². The monoisotopic (exact) mass is 400 g/mol. The second kappa shape index (κ2) is 8.05. The summed E-state index contributed by atoms with van der Waals surface area (Å²) >= 11 is 0. The van der Waals surface area contributed by atoms with Gasteiger partial charge in [-0.3, -0.25) is 0 Å². The van der Waals surface area contributed by atoms with Crippen molar-refractivity contribution in [3.05, 3.63) is 65.2 Å². The number of aryl methyl sites for hydroxylation is 1. The molecule has 0 aliphatic carbocycles. The van der Waals surface area contributed by atoms with Gasteiger partial charge in [0.25, 0.3) is 10.0 Å². The molecule has 0 amide bonds. The van der Waals surface area contributed by atoms with Crippen molar-refractivity contribution in [2.75, 3.05) is 26.3 Å². The quantitative estimate of drug-likeness (QED) is 0.581.